The van der Waals surface area contributed by atoms with E-state index in [4.69, 9.17) is 25.8 Å². The van der Waals surface area contributed by atoms with Crippen LogP contribution in [-0.4, -0.2) is 38.4 Å². The number of halogens is 1. The molecular weight excluding hydrogens is 478 g/mol. The molecule has 2 amide bonds. The second-order valence-corrected chi connectivity index (χ2v) is 8.55. The van der Waals surface area contributed by atoms with E-state index in [9.17, 15) is 14.9 Å². The minimum Gasteiger partial charge on any atom is -0.495 e. The number of anilines is 1. The summed E-state index contributed by atoms with van der Waals surface area (Å²) >= 11 is 7.19. The summed E-state index contributed by atoms with van der Waals surface area (Å²) in [4.78, 5) is 25.1. The van der Waals surface area contributed by atoms with E-state index in [0.29, 0.717) is 45.2 Å². The summed E-state index contributed by atoms with van der Waals surface area (Å²) in [5.74, 6) is 0.283. The lowest BCUT2D eigenvalue weighted by Crippen LogP contribution is -2.31. The van der Waals surface area contributed by atoms with Crippen molar-refractivity contribution in [3.05, 3.63) is 57.6 Å². The van der Waals surface area contributed by atoms with Crippen LogP contribution in [0.25, 0.3) is 0 Å². The molecule has 2 aromatic carbocycles. The van der Waals surface area contributed by atoms with Crippen LogP contribution in [0.4, 0.5) is 5.69 Å². The smallest absolute Gasteiger partial charge is 0.234 e. The number of benzene rings is 2. The van der Waals surface area contributed by atoms with Gasteiger partial charge in [0.2, 0.25) is 11.8 Å². The van der Waals surface area contributed by atoms with Crippen LogP contribution in [0.5, 0.6) is 17.2 Å². The summed E-state index contributed by atoms with van der Waals surface area (Å²) in [6, 6.07) is 12.7. The maximum absolute atomic E-state index is 12.7. The summed E-state index contributed by atoms with van der Waals surface area (Å²) in [7, 11) is 2.93. The minimum absolute atomic E-state index is 0.0469. The summed E-state index contributed by atoms with van der Waals surface area (Å²) < 4.78 is 16.2. The van der Waals surface area contributed by atoms with Gasteiger partial charge in [0.05, 0.1) is 54.0 Å². The van der Waals surface area contributed by atoms with Crippen LogP contribution in [-0.2, 0) is 9.59 Å². The zero-order valence-corrected chi connectivity index (χ0v) is 20.5. The summed E-state index contributed by atoms with van der Waals surface area (Å²) in [6.07, 6.45) is 0.116. The van der Waals surface area contributed by atoms with Crippen LogP contribution in [0.1, 0.15) is 24.8 Å². The SMILES string of the molecule is CCOc1ccccc1[C@H]1CC(=O)NC(SCC(=O)Nc2cc(OC)c(Cl)cc2OC)=C1C#N. The minimum atomic E-state index is -0.465. The van der Waals surface area contributed by atoms with E-state index in [1.54, 1.807) is 12.1 Å². The molecule has 0 bridgehead atoms. The Morgan fingerprint density at radius 2 is 1.97 bits per heavy atom. The van der Waals surface area contributed by atoms with Crippen LogP contribution in [0, 0.1) is 11.3 Å². The van der Waals surface area contributed by atoms with Gasteiger partial charge in [-0.3, -0.25) is 9.59 Å². The number of nitrogens with zero attached hydrogens (tertiary/aromatic N) is 1. The third-order valence-corrected chi connectivity index (χ3v) is 6.36. The number of hydrogen-bond donors (Lipinski definition) is 2. The summed E-state index contributed by atoms with van der Waals surface area (Å²) in [5, 5.41) is 16.1. The Morgan fingerprint density at radius 1 is 1.24 bits per heavy atom. The van der Waals surface area contributed by atoms with E-state index in [1.165, 1.54) is 14.2 Å². The average Bonchev–Trinajstić information content (AvgIpc) is 2.83. The van der Waals surface area contributed by atoms with E-state index >= 15 is 0 Å². The van der Waals surface area contributed by atoms with Crippen LogP contribution in [0.3, 0.4) is 0 Å². The lowest BCUT2D eigenvalue weighted by Gasteiger charge is -2.26. The maximum Gasteiger partial charge on any atom is 0.234 e. The van der Waals surface area contributed by atoms with Gasteiger partial charge in [0.1, 0.15) is 17.2 Å². The number of carbonyl (C=O) groups excluding carboxylic acids is 2. The molecule has 10 heteroatoms. The summed E-state index contributed by atoms with van der Waals surface area (Å²) in [5.41, 5.74) is 1.53. The Kier molecular flexibility index (Phi) is 8.68. The third kappa shape index (κ3) is 5.76. The first-order valence-corrected chi connectivity index (χ1v) is 11.8. The van der Waals surface area contributed by atoms with Crippen LogP contribution in [0.2, 0.25) is 5.02 Å². The van der Waals surface area contributed by atoms with Crippen molar-refractivity contribution >= 4 is 40.9 Å². The van der Waals surface area contributed by atoms with Crippen molar-refractivity contribution in [3.8, 4) is 23.3 Å². The van der Waals surface area contributed by atoms with E-state index < -0.39 is 5.92 Å². The van der Waals surface area contributed by atoms with Crippen molar-refractivity contribution in [3.63, 3.8) is 0 Å². The Morgan fingerprint density at radius 3 is 2.65 bits per heavy atom. The van der Waals surface area contributed by atoms with Gasteiger partial charge in [0.15, 0.2) is 0 Å². The molecule has 3 rings (SSSR count). The molecule has 0 saturated carbocycles. The maximum atomic E-state index is 12.7. The largest absolute Gasteiger partial charge is 0.495 e. The molecule has 178 valence electrons. The van der Waals surface area contributed by atoms with Crippen molar-refractivity contribution in [1.82, 2.24) is 5.32 Å². The normalized spacial score (nSPS) is 15.3. The van der Waals surface area contributed by atoms with Gasteiger partial charge in [-0.05, 0) is 13.0 Å². The molecule has 1 atom stereocenters. The molecular formula is C24H24ClN3O5S. The molecule has 0 unspecified atom stereocenters. The van der Waals surface area contributed by atoms with Gasteiger partial charge in [-0.1, -0.05) is 41.6 Å². The topological polar surface area (TPSA) is 110 Å². The van der Waals surface area contributed by atoms with Gasteiger partial charge in [0, 0.05) is 30.0 Å². The predicted octanol–water partition coefficient (Wildman–Crippen LogP) is 4.47. The van der Waals surface area contributed by atoms with E-state index in [-0.39, 0.29) is 24.0 Å². The van der Waals surface area contributed by atoms with Gasteiger partial charge in [-0.2, -0.15) is 5.26 Å². The fraction of sp³-hybridized carbons (Fsp3) is 0.292. The fourth-order valence-electron chi connectivity index (χ4n) is 3.54. The molecule has 1 aliphatic heterocycles. The first-order chi connectivity index (χ1) is 16.4. The quantitative estimate of drug-likeness (QED) is 0.521. The number of hydrogen-bond acceptors (Lipinski definition) is 7. The Bertz CT molecular complexity index is 1160. The van der Waals surface area contributed by atoms with Crippen molar-refractivity contribution in [2.24, 2.45) is 0 Å². The molecule has 34 heavy (non-hydrogen) atoms. The molecule has 0 radical (unpaired) electrons. The standard InChI is InChI=1S/C24H24ClN3O5S/c1-4-33-19-8-6-5-7-14(19)15-9-22(29)28-24(16(15)12-26)34-13-23(30)27-18-11-20(31-2)17(25)10-21(18)32-3/h5-8,10-11,15H,4,9,13H2,1-3H3,(H,27,30)(H,28,29)/t15-/m1/s1. The molecule has 0 saturated heterocycles. The van der Waals surface area contributed by atoms with Gasteiger partial charge >= 0.3 is 0 Å². The lowest BCUT2D eigenvalue weighted by molar-refractivity contribution is -0.121. The molecule has 0 aliphatic carbocycles. The van der Waals surface area contributed by atoms with Crippen LogP contribution < -0.4 is 24.8 Å². The number of methoxy groups -OCH3 is 2. The zero-order valence-electron chi connectivity index (χ0n) is 18.9. The van der Waals surface area contributed by atoms with Gasteiger partial charge in [-0.15, -0.1) is 0 Å². The number of carbonyl (C=O) groups is 2. The number of thioether (sulfide) groups is 1. The Hall–Kier alpha value is -3.35. The number of nitrogens with one attached hydrogen (secondary N) is 2. The molecule has 1 heterocycles. The van der Waals surface area contributed by atoms with E-state index in [0.717, 1.165) is 17.3 Å². The highest BCUT2D eigenvalue weighted by Gasteiger charge is 2.31. The number of ether oxygens (including phenoxy) is 3. The number of para-hydroxylation sites is 1. The van der Waals surface area contributed by atoms with Crippen molar-refractivity contribution < 1.29 is 23.8 Å². The average molecular weight is 502 g/mol. The van der Waals surface area contributed by atoms with Gasteiger partial charge in [-0.25, -0.2) is 0 Å². The van der Waals surface area contributed by atoms with Crippen LogP contribution >= 0.6 is 23.4 Å². The Labute approximate surface area is 207 Å². The fourth-order valence-corrected chi connectivity index (χ4v) is 4.64. The molecule has 8 nitrogen and oxygen atoms in total. The predicted molar refractivity (Wildman–Crippen MR) is 131 cm³/mol. The summed E-state index contributed by atoms with van der Waals surface area (Å²) in [6.45, 7) is 2.33. The van der Waals surface area contributed by atoms with Gasteiger partial charge < -0.3 is 24.8 Å². The lowest BCUT2D eigenvalue weighted by atomic mass is 9.86. The molecule has 1 aliphatic rings. The number of rotatable bonds is 9. The molecule has 2 N–H and O–H groups in total. The van der Waals surface area contributed by atoms with Crippen molar-refractivity contribution in [2.45, 2.75) is 19.3 Å². The molecule has 0 aromatic heterocycles. The second kappa shape index (κ2) is 11.7. The highest BCUT2D eigenvalue weighted by atomic mass is 35.5. The zero-order chi connectivity index (χ0) is 24.7. The highest BCUT2D eigenvalue weighted by molar-refractivity contribution is 8.03. The number of allylic oxidation sites excluding steroid dienone is 1. The van der Waals surface area contributed by atoms with E-state index in [1.807, 2.05) is 31.2 Å². The van der Waals surface area contributed by atoms with Gasteiger partial charge in [0.25, 0.3) is 0 Å². The first-order valence-electron chi connectivity index (χ1n) is 10.4. The Balaban J connectivity index is 1.81. The third-order valence-electron chi connectivity index (χ3n) is 5.05. The van der Waals surface area contributed by atoms with Crippen LogP contribution in [0.15, 0.2) is 47.0 Å². The number of nitriles is 1. The van der Waals surface area contributed by atoms with Crippen molar-refractivity contribution in [1.29, 1.82) is 5.26 Å². The molecule has 2 aromatic rings. The molecule has 0 spiro atoms. The first kappa shape index (κ1) is 25.3. The highest BCUT2D eigenvalue weighted by Crippen LogP contribution is 2.40. The molecule has 0 fully saturated rings. The number of amides is 2. The second-order valence-electron chi connectivity index (χ2n) is 7.15. The monoisotopic (exact) mass is 501 g/mol. The van der Waals surface area contributed by atoms with Crippen molar-refractivity contribution in [2.75, 3.05) is 31.9 Å². The van der Waals surface area contributed by atoms with E-state index in [2.05, 4.69) is 16.7 Å².